The second kappa shape index (κ2) is 7.24. The van der Waals surface area contributed by atoms with Crippen molar-refractivity contribution in [3.05, 3.63) is 70.3 Å². The molecular formula is C19H14N2O8. The minimum Gasteiger partial charge on any atom is -0.465 e. The zero-order valence-electron chi connectivity index (χ0n) is 15.0. The number of para-hydroxylation sites is 1. The summed E-state index contributed by atoms with van der Waals surface area (Å²) >= 11 is 0. The molecule has 1 heterocycles. The normalized spacial score (nSPS) is 21.2. The van der Waals surface area contributed by atoms with Crippen molar-refractivity contribution in [1.29, 1.82) is 0 Å². The van der Waals surface area contributed by atoms with Crippen molar-refractivity contribution < 1.29 is 33.9 Å². The first-order valence-electron chi connectivity index (χ1n) is 8.26. The summed E-state index contributed by atoms with van der Waals surface area (Å²) in [4.78, 5) is 61.2. The minimum absolute atomic E-state index is 0.0118. The number of non-ortho nitro benzene ring substituents is 1. The fourth-order valence-corrected chi connectivity index (χ4v) is 3.17. The number of carbonyl (C=O) groups excluding carboxylic acids is 4. The van der Waals surface area contributed by atoms with Crippen molar-refractivity contribution in [1.82, 2.24) is 0 Å². The third-order valence-electron chi connectivity index (χ3n) is 4.54. The zero-order valence-corrected chi connectivity index (χ0v) is 15.0. The number of nitrogens with zero attached hydrogens (tertiary/aromatic N) is 2. The van der Waals surface area contributed by atoms with Gasteiger partial charge in [0.15, 0.2) is 11.7 Å². The molecule has 1 amide bonds. The topological polar surface area (TPSA) is 144 Å². The Kier molecular flexibility index (Phi) is 4.95. The van der Waals surface area contributed by atoms with Gasteiger partial charge in [-0.3, -0.25) is 29.4 Å². The predicted octanol–water partition coefficient (Wildman–Crippen LogP) is 0.871. The Labute approximate surface area is 163 Å². The van der Waals surface area contributed by atoms with Crippen LogP contribution in [0.2, 0.25) is 0 Å². The summed E-state index contributed by atoms with van der Waals surface area (Å²) in [7, 11) is 0.935. The average molecular weight is 398 g/mol. The first-order valence-corrected chi connectivity index (χ1v) is 8.26. The van der Waals surface area contributed by atoms with Crippen molar-refractivity contribution >= 4 is 34.8 Å². The molecule has 0 spiro atoms. The summed E-state index contributed by atoms with van der Waals surface area (Å²) in [6.45, 7) is 0. The molecule has 3 rings (SSSR count). The number of ether oxygens (including phenoxy) is 1. The smallest absolute Gasteiger partial charge is 0.361 e. The number of aliphatic hydroxyl groups is 1. The summed E-state index contributed by atoms with van der Waals surface area (Å²) in [5.74, 6) is -7.09. The van der Waals surface area contributed by atoms with E-state index in [-0.39, 0.29) is 16.9 Å². The number of hydrogen-bond acceptors (Lipinski definition) is 8. The van der Waals surface area contributed by atoms with Crippen molar-refractivity contribution in [2.45, 2.75) is 5.72 Å². The number of carbonyl (C=O) groups is 4. The molecule has 1 N–H and O–H groups in total. The Morgan fingerprint density at radius 3 is 2.21 bits per heavy atom. The largest absolute Gasteiger partial charge is 0.465 e. The lowest BCUT2D eigenvalue weighted by molar-refractivity contribution is -0.384. The third kappa shape index (κ3) is 3.05. The molecule has 1 aliphatic rings. The highest BCUT2D eigenvalue weighted by Gasteiger charge is 2.66. The lowest BCUT2D eigenvalue weighted by Crippen LogP contribution is -2.58. The van der Waals surface area contributed by atoms with Crippen LogP contribution < -0.4 is 4.90 Å². The first-order chi connectivity index (χ1) is 13.7. The highest BCUT2D eigenvalue weighted by molar-refractivity contribution is 6.51. The number of esters is 1. The molecule has 10 heteroatoms. The van der Waals surface area contributed by atoms with Crippen molar-refractivity contribution in [2.24, 2.45) is 5.92 Å². The summed E-state index contributed by atoms with van der Waals surface area (Å²) in [6, 6.07) is 11.6. The van der Waals surface area contributed by atoms with Crippen LogP contribution >= 0.6 is 0 Å². The van der Waals surface area contributed by atoms with E-state index in [1.807, 2.05) is 0 Å². The maximum atomic E-state index is 13.0. The molecule has 2 unspecified atom stereocenters. The molecular weight excluding hydrogens is 384 g/mol. The number of nitro groups is 1. The number of benzene rings is 2. The van der Waals surface area contributed by atoms with E-state index in [1.54, 1.807) is 6.07 Å². The van der Waals surface area contributed by atoms with E-state index in [2.05, 4.69) is 4.74 Å². The fraction of sp³-hybridized carbons (Fsp3) is 0.158. The van der Waals surface area contributed by atoms with Gasteiger partial charge >= 0.3 is 5.97 Å². The summed E-state index contributed by atoms with van der Waals surface area (Å²) in [5.41, 5.74) is -3.40. The Balaban J connectivity index is 2.12. The average Bonchev–Trinajstić information content (AvgIpc) is 2.93. The van der Waals surface area contributed by atoms with Gasteiger partial charge in [0, 0.05) is 23.4 Å². The molecule has 10 nitrogen and oxygen atoms in total. The van der Waals surface area contributed by atoms with Gasteiger partial charge in [0.25, 0.3) is 17.3 Å². The second-order valence-corrected chi connectivity index (χ2v) is 6.16. The lowest BCUT2D eigenvalue weighted by Gasteiger charge is -2.32. The lowest BCUT2D eigenvalue weighted by atomic mass is 9.87. The second-order valence-electron chi connectivity index (χ2n) is 6.16. The molecule has 0 aliphatic carbocycles. The van der Waals surface area contributed by atoms with E-state index in [1.165, 1.54) is 24.3 Å². The summed E-state index contributed by atoms with van der Waals surface area (Å²) in [5, 5.41) is 21.9. The number of rotatable bonds is 5. The maximum Gasteiger partial charge on any atom is 0.361 e. The fourth-order valence-electron chi connectivity index (χ4n) is 3.17. The number of methoxy groups -OCH3 is 1. The van der Waals surface area contributed by atoms with Crippen LogP contribution in [0.25, 0.3) is 0 Å². The van der Waals surface area contributed by atoms with Gasteiger partial charge in [-0.2, -0.15) is 0 Å². The highest BCUT2D eigenvalue weighted by atomic mass is 16.6. The molecule has 0 radical (unpaired) electrons. The van der Waals surface area contributed by atoms with Gasteiger partial charge in [0.2, 0.25) is 5.78 Å². The number of anilines is 1. The van der Waals surface area contributed by atoms with Gasteiger partial charge in [-0.15, -0.1) is 0 Å². The number of ketones is 2. The van der Waals surface area contributed by atoms with E-state index in [0.29, 0.717) is 4.90 Å². The predicted molar refractivity (Wildman–Crippen MR) is 96.8 cm³/mol. The van der Waals surface area contributed by atoms with E-state index in [0.717, 1.165) is 31.4 Å². The van der Waals surface area contributed by atoms with E-state index < -0.39 is 40.0 Å². The Morgan fingerprint density at radius 2 is 1.69 bits per heavy atom. The van der Waals surface area contributed by atoms with E-state index >= 15 is 0 Å². The van der Waals surface area contributed by atoms with Crippen molar-refractivity contribution in [3.8, 4) is 0 Å². The molecule has 1 saturated heterocycles. The van der Waals surface area contributed by atoms with Crippen LogP contribution in [0.15, 0.2) is 54.6 Å². The highest BCUT2D eigenvalue weighted by Crippen LogP contribution is 2.38. The van der Waals surface area contributed by atoms with Crippen LogP contribution in [0, 0.1) is 16.0 Å². The molecule has 2 atom stereocenters. The molecule has 29 heavy (non-hydrogen) atoms. The van der Waals surface area contributed by atoms with Crippen LogP contribution in [0.5, 0.6) is 0 Å². The minimum atomic E-state index is -2.91. The van der Waals surface area contributed by atoms with Gasteiger partial charge in [0.1, 0.15) is 0 Å². The van der Waals surface area contributed by atoms with Gasteiger partial charge in [-0.1, -0.05) is 18.2 Å². The zero-order chi connectivity index (χ0) is 21.3. The van der Waals surface area contributed by atoms with Gasteiger partial charge in [0.05, 0.1) is 12.0 Å². The quantitative estimate of drug-likeness (QED) is 0.195. The monoisotopic (exact) mass is 398 g/mol. The Hall–Kier alpha value is -3.92. The van der Waals surface area contributed by atoms with Gasteiger partial charge in [-0.25, -0.2) is 4.79 Å². The van der Waals surface area contributed by atoms with Crippen LogP contribution in [0.1, 0.15) is 10.4 Å². The number of nitro benzene ring substituents is 1. The molecule has 0 aromatic heterocycles. The van der Waals surface area contributed by atoms with Crippen molar-refractivity contribution in [3.63, 3.8) is 0 Å². The Morgan fingerprint density at radius 1 is 1.10 bits per heavy atom. The third-order valence-corrected chi connectivity index (χ3v) is 4.54. The molecule has 0 saturated carbocycles. The van der Waals surface area contributed by atoms with E-state index in [4.69, 9.17) is 0 Å². The number of hydrogen-bond donors (Lipinski definition) is 1. The van der Waals surface area contributed by atoms with Crippen LogP contribution in [0.4, 0.5) is 11.4 Å². The van der Waals surface area contributed by atoms with E-state index in [9.17, 15) is 34.4 Å². The van der Waals surface area contributed by atoms with Gasteiger partial charge in [-0.05, 0) is 24.3 Å². The Bertz CT molecular complexity index is 1020. The molecule has 148 valence electrons. The van der Waals surface area contributed by atoms with Crippen molar-refractivity contribution in [2.75, 3.05) is 12.0 Å². The molecule has 2 aromatic carbocycles. The maximum absolute atomic E-state index is 13.0. The van der Waals surface area contributed by atoms with Crippen LogP contribution in [0.3, 0.4) is 0 Å². The molecule has 1 fully saturated rings. The SMILES string of the molecule is COC(=O)C1(O)C(C(=O)c2ccc([N+](=O)[O-])cc2)C(=O)C(=O)N1c1ccccc1. The molecule has 1 aliphatic heterocycles. The number of Topliss-reactive ketones (excluding diaryl/α,β-unsaturated/α-hetero) is 2. The van der Waals surface area contributed by atoms with Crippen LogP contribution in [-0.2, 0) is 19.1 Å². The van der Waals surface area contributed by atoms with Gasteiger partial charge < -0.3 is 9.84 Å². The summed E-state index contributed by atoms with van der Waals surface area (Å²) in [6.07, 6.45) is 0. The first kappa shape index (κ1) is 19.8. The molecule has 0 bridgehead atoms. The summed E-state index contributed by atoms with van der Waals surface area (Å²) < 4.78 is 4.58. The molecule has 2 aromatic rings. The standard InChI is InChI=1S/C19H14N2O8/c1-29-18(25)19(26)14(15(22)11-7-9-13(10-8-11)21(27)28)16(23)17(24)20(19)12-5-3-2-4-6-12/h2-10,14,26H,1H3. The van der Waals surface area contributed by atoms with Crippen LogP contribution in [-0.4, -0.2) is 46.3 Å². The number of amides is 1.